The largest absolute Gasteiger partial charge is 0.394 e. The first kappa shape index (κ1) is 26.6. The Balaban J connectivity index is 1.40. The van der Waals surface area contributed by atoms with Crippen molar-refractivity contribution in [3.63, 3.8) is 0 Å². The summed E-state index contributed by atoms with van der Waals surface area (Å²) in [7, 11) is 0. The molecule has 0 spiro atoms. The summed E-state index contributed by atoms with van der Waals surface area (Å²) in [6.45, 7) is 6.79. The predicted molar refractivity (Wildman–Crippen MR) is 148 cm³/mol. The Bertz CT molecular complexity index is 973. The van der Waals surface area contributed by atoms with Gasteiger partial charge in [-0.05, 0) is 67.0 Å². The average molecular weight is 492 g/mol. The van der Waals surface area contributed by atoms with Crippen LogP contribution in [0.15, 0.2) is 65.3 Å². The molecule has 1 aliphatic heterocycles. The lowest BCUT2D eigenvalue weighted by molar-refractivity contribution is 0.0797. The zero-order valence-corrected chi connectivity index (χ0v) is 21.8. The highest BCUT2D eigenvalue weighted by atomic mass is 19.1. The van der Waals surface area contributed by atoms with Crippen LogP contribution in [0.25, 0.3) is 6.08 Å². The zero-order chi connectivity index (χ0) is 25.0. The van der Waals surface area contributed by atoms with Crippen LogP contribution in [-0.2, 0) is 11.3 Å². The van der Waals surface area contributed by atoms with Crippen LogP contribution < -0.4 is 5.32 Å². The van der Waals surface area contributed by atoms with Gasteiger partial charge in [0.25, 0.3) is 0 Å². The van der Waals surface area contributed by atoms with Gasteiger partial charge in [-0.25, -0.2) is 4.39 Å². The van der Waals surface area contributed by atoms with Crippen LogP contribution in [0.2, 0.25) is 0 Å². The molecule has 2 fully saturated rings. The molecule has 2 atom stereocenters. The molecule has 1 N–H and O–H groups in total. The van der Waals surface area contributed by atoms with Gasteiger partial charge < -0.3 is 10.2 Å². The van der Waals surface area contributed by atoms with Crippen molar-refractivity contribution in [1.29, 1.82) is 0 Å². The Morgan fingerprint density at radius 3 is 2.75 bits per heavy atom. The van der Waals surface area contributed by atoms with E-state index in [4.69, 9.17) is 9.99 Å². The summed E-state index contributed by atoms with van der Waals surface area (Å²) in [5, 5.41) is 8.31. The standard InChI is InChI=1S/C31H42FN3O/c1-2-3-5-11-27-12-8-13-28(22-26-14-16-29(32)17-15-26)31(27)34-36-21-20-35-19-18-33-24-30(35)23-25-9-6-4-7-10-25/h4,6-7,9-10,14-17,22,27,30,33H,2-3,5,8,11-13,18-21,23-24H2,1H3/b28-22+,34-31+/t27-,30+/m1/s1. The maximum Gasteiger partial charge on any atom is 0.129 e. The minimum absolute atomic E-state index is 0.200. The molecule has 2 aliphatic rings. The minimum Gasteiger partial charge on any atom is -0.394 e. The van der Waals surface area contributed by atoms with Crippen molar-refractivity contribution in [2.75, 3.05) is 32.8 Å². The number of nitrogens with zero attached hydrogens (tertiary/aromatic N) is 2. The highest BCUT2D eigenvalue weighted by molar-refractivity contribution is 6.05. The number of benzene rings is 2. The van der Waals surface area contributed by atoms with Gasteiger partial charge in [0.05, 0.1) is 5.71 Å². The summed E-state index contributed by atoms with van der Waals surface area (Å²) in [5.41, 5.74) is 4.77. The van der Waals surface area contributed by atoms with Gasteiger partial charge in [0.1, 0.15) is 12.4 Å². The van der Waals surface area contributed by atoms with E-state index < -0.39 is 0 Å². The van der Waals surface area contributed by atoms with E-state index in [9.17, 15) is 4.39 Å². The molecule has 4 rings (SSSR count). The molecule has 1 heterocycles. The third-order valence-electron chi connectivity index (χ3n) is 7.50. The molecule has 2 aromatic carbocycles. The number of hydrogen-bond donors (Lipinski definition) is 1. The molecule has 36 heavy (non-hydrogen) atoms. The number of rotatable bonds is 11. The van der Waals surface area contributed by atoms with E-state index in [0.29, 0.717) is 18.6 Å². The van der Waals surface area contributed by atoms with E-state index in [1.165, 1.54) is 55.4 Å². The van der Waals surface area contributed by atoms with Crippen molar-refractivity contribution < 1.29 is 9.23 Å². The van der Waals surface area contributed by atoms with E-state index in [1.54, 1.807) is 0 Å². The number of nitrogens with one attached hydrogen (secondary N) is 1. The number of oxime groups is 1. The molecule has 1 saturated heterocycles. The number of piperazine rings is 1. The van der Waals surface area contributed by atoms with Gasteiger partial charge in [0, 0.05) is 38.1 Å². The molecule has 4 nitrogen and oxygen atoms in total. The molecule has 5 heteroatoms. The number of hydrogen-bond acceptors (Lipinski definition) is 4. The fraction of sp³-hybridized carbons (Fsp3) is 0.516. The van der Waals surface area contributed by atoms with Gasteiger partial charge in [-0.1, -0.05) is 73.8 Å². The van der Waals surface area contributed by atoms with Crippen molar-refractivity contribution in [1.82, 2.24) is 10.2 Å². The van der Waals surface area contributed by atoms with Gasteiger partial charge >= 0.3 is 0 Å². The second-order valence-corrected chi connectivity index (χ2v) is 10.2. The minimum atomic E-state index is -0.200. The SMILES string of the molecule is CCCCC[C@@H]1CCCC(=C\c2ccc(F)cc2)/C1=N/OCCN1CCNC[C@@H]1Cc1ccccc1. The van der Waals surface area contributed by atoms with E-state index in [2.05, 4.69) is 53.5 Å². The Kier molecular flexibility index (Phi) is 10.5. The molecule has 1 aliphatic carbocycles. The Labute approximate surface area is 216 Å². The zero-order valence-electron chi connectivity index (χ0n) is 21.8. The molecule has 0 bridgehead atoms. The molecule has 0 radical (unpaired) electrons. The molecule has 0 aromatic heterocycles. The van der Waals surface area contributed by atoms with Crippen molar-refractivity contribution in [3.8, 4) is 0 Å². The second kappa shape index (κ2) is 14.3. The first-order chi connectivity index (χ1) is 17.7. The van der Waals surface area contributed by atoms with Crippen LogP contribution in [-0.4, -0.2) is 49.4 Å². The van der Waals surface area contributed by atoms with Crippen LogP contribution in [0.5, 0.6) is 0 Å². The Morgan fingerprint density at radius 1 is 1.11 bits per heavy atom. The third kappa shape index (κ3) is 8.01. The Morgan fingerprint density at radius 2 is 1.94 bits per heavy atom. The molecule has 0 amide bonds. The van der Waals surface area contributed by atoms with E-state index in [-0.39, 0.29) is 5.82 Å². The van der Waals surface area contributed by atoms with Crippen LogP contribution in [0, 0.1) is 11.7 Å². The number of unbranched alkanes of at least 4 members (excludes halogenated alkanes) is 2. The van der Waals surface area contributed by atoms with Crippen molar-refractivity contribution >= 4 is 11.8 Å². The van der Waals surface area contributed by atoms with E-state index >= 15 is 0 Å². The quantitative estimate of drug-likeness (QED) is 0.289. The van der Waals surface area contributed by atoms with Crippen molar-refractivity contribution in [2.45, 2.75) is 64.3 Å². The van der Waals surface area contributed by atoms with Gasteiger partial charge in [0.2, 0.25) is 0 Å². The summed E-state index contributed by atoms with van der Waals surface area (Å²) in [5.74, 6) is 0.246. The molecule has 2 aromatic rings. The summed E-state index contributed by atoms with van der Waals surface area (Å²) in [4.78, 5) is 8.56. The van der Waals surface area contributed by atoms with Gasteiger partial charge in [-0.2, -0.15) is 0 Å². The molecule has 0 unspecified atom stereocenters. The Hall–Kier alpha value is -2.50. The number of halogens is 1. The smallest absolute Gasteiger partial charge is 0.129 e. The maximum atomic E-state index is 13.4. The molecule has 1 saturated carbocycles. The average Bonchev–Trinajstić information content (AvgIpc) is 2.90. The van der Waals surface area contributed by atoms with Crippen LogP contribution in [0.3, 0.4) is 0 Å². The highest BCUT2D eigenvalue weighted by Gasteiger charge is 2.26. The summed E-state index contributed by atoms with van der Waals surface area (Å²) >= 11 is 0. The fourth-order valence-electron chi connectivity index (χ4n) is 5.49. The summed E-state index contributed by atoms with van der Waals surface area (Å²) in [6.07, 6.45) is 11.4. The van der Waals surface area contributed by atoms with Crippen LogP contribution in [0.4, 0.5) is 4.39 Å². The monoisotopic (exact) mass is 491 g/mol. The summed E-state index contributed by atoms with van der Waals surface area (Å²) in [6, 6.07) is 18.0. The maximum absolute atomic E-state index is 13.4. The lowest BCUT2D eigenvalue weighted by Gasteiger charge is -2.36. The second-order valence-electron chi connectivity index (χ2n) is 10.2. The van der Waals surface area contributed by atoms with Gasteiger partial charge in [0.15, 0.2) is 0 Å². The first-order valence-corrected chi connectivity index (χ1v) is 13.9. The van der Waals surface area contributed by atoms with E-state index in [0.717, 1.165) is 56.7 Å². The van der Waals surface area contributed by atoms with Crippen molar-refractivity contribution in [3.05, 3.63) is 77.1 Å². The van der Waals surface area contributed by atoms with Crippen molar-refractivity contribution in [2.24, 2.45) is 11.1 Å². The number of allylic oxidation sites excluding steroid dienone is 1. The lowest BCUT2D eigenvalue weighted by atomic mass is 9.80. The van der Waals surface area contributed by atoms with Gasteiger partial charge in [-0.3, -0.25) is 4.90 Å². The highest BCUT2D eigenvalue weighted by Crippen LogP contribution is 2.31. The van der Waals surface area contributed by atoms with Gasteiger partial charge in [-0.15, -0.1) is 0 Å². The lowest BCUT2D eigenvalue weighted by Crippen LogP contribution is -2.53. The molecule has 194 valence electrons. The fourth-order valence-corrected chi connectivity index (χ4v) is 5.49. The third-order valence-corrected chi connectivity index (χ3v) is 7.50. The normalized spacial score (nSPS) is 23.3. The predicted octanol–water partition coefficient (Wildman–Crippen LogP) is 6.48. The van der Waals surface area contributed by atoms with E-state index in [1.807, 2.05) is 12.1 Å². The molecular weight excluding hydrogens is 449 g/mol. The summed E-state index contributed by atoms with van der Waals surface area (Å²) < 4.78 is 13.4. The topological polar surface area (TPSA) is 36.9 Å². The van der Waals surface area contributed by atoms with Crippen LogP contribution >= 0.6 is 0 Å². The van der Waals surface area contributed by atoms with Crippen LogP contribution in [0.1, 0.15) is 63.0 Å². The molecular formula is C31H42FN3O. The first-order valence-electron chi connectivity index (χ1n) is 13.9.